The van der Waals surface area contributed by atoms with Gasteiger partial charge in [0.1, 0.15) is 24.6 Å². The molecule has 5 atom stereocenters. The molecule has 2 aliphatic rings. The minimum atomic E-state index is -1.45. The highest BCUT2D eigenvalue weighted by atomic mass is 19.1. The Morgan fingerprint density at radius 3 is 2.67 bits per heavy atom. The second-order valence-corrected chi connectivity index (χ2v) is 11.4. The number of allylic oxidation sites excluding steroid dienone is 2. The smallest absolute Gasteiger partial charge is 0.329 e. The Hall–Kier alpha value is -3.27. The fourth-order valence-corrected chi connectivity index (χ4v) is 4.95. The molecule has 39 heavy (non-hydrogen) atoms. The first kappa shape index (κ1) is 30.3. The molecule has 0 saturated carbocycles. The zero-order valence-corrected chi connectivity index (χ0v) is 23.4. The van der Waals surface area contributed by atoms with Crippen molar-refractivity contribution in [1.82, 2.24) is 15.2 Å². The molecule has 2 N–H and O–H groups in total. The summed E-state index contributed by atoms with van der Waals surface area (Å²) in [7, 11) is 0. The van der Waals surface area contributed by atoms with E-state index in [-0.39, 0.29) is 42.8 Å². The molecular formula is C29H40FN3O6. The molecule has 0 aliphatic carbocycles. The van der Waals surface area contributed by atoms with Gasteiger partial charge in [-0.1, -0.05) is 57.6 Å². The average molecular weight is 546 g/mol. The van der Waals surface area contributed by atoms with Crippen LogP contribution in [-0.2, 0) is 20.7 Å². The highest BCUT2D eigenvalue weighted by Crippen LogP contribution is 2.31. The zero-order chi connectivity index (χ0) is 28.7. The molecular weight excluding hydrogens is 505 g/mol. The minimum Gasteiger partial charge on any atom is -0.460 e. The fourth-order valence-electron chi connectivity index (χ4n) is 4.95. The van der Waals surface area contributed by atoms with Gasteiger partial charge in [0.05, 0.1) is 12.5 Å². The summed E-state index contributed by atoms with van der Waals surface area (Å²) in [5, 5.41) is 13.0. The van der Waals surface area contributed by atoms with Crippen molar-refractivity contribution >= 4 is 17.8 Å². The molecule has 0 unspecified atom stereocenters. The van der Waals surface area contributed by atoms with Crippen molar-refractivity contribution in [3.63, 3.8) is 0 Å². The number of amides is 2. The van der Waals surface area contributed by atoms with Crippen LogP contribution < -0.4 is 5.32 Å². The summed E-state index contributed by atoms with van der Waals surface area (Å²) in [6.07, 6.45) is 6.95. The van der Waals surface area contributed by atoms with E-state index >= 15 is 0 Å². The van der Waals surface area contributed by atoms with Crippen molar-refractivity contribution in [3.8, 4) is 0 Å². The van der Waals surface area contributed by atoms with Crippen molar-refractivity contribution < 1.29 is 33.0 Å². The molecule has 10 heteroatoms. The van der Waals surface area contributed by atoms with E-state index in [2.05, 4.69) is 10.3 Å². The third-order valence-electron chi connectivity index (χ3n) is 6.81. The summed E-state index contributed by atoms with van der Waals surface area (Å²) < 4.78 is 26.0. The van der Waals surface area contributed by atoms with E-state index in [4.69, 9.17) is 9.15 Å². The van der Waals surface area contributed by atoms with E-state index in [1.54, 1.807) is 25.2 Å². The lowest BCUT2D eigenvalue weighted by atomic mass is 9.81. The van der Waals surface area contributed by atoms with Crippen molar-refractivity contribution in [3.05, 3.63) is 53.8 Å². The van der Waals surface area contributed by atoms with E-state index in [0.29, 0.717) is 25.0 Å². The number of esters is 1. The van der Waals surface area contributed by atoms with Gasteiger partial charge < -0.3 is 24.5 Å². The van der Waals surface area contributed by atoms with E-state index in [1.165, 1.54) is 23.3 Å². The number of rotatable bonds is 0. The Balaban J connectivity index is 1.88. The lowest BCUT2D eigenvalue weighted by molar-refractivity contribution is -0.162. The van der Waals surface area contributed by atoms with Gasteiger partial charge >= 0.3 is 5.97 Å². The monoisotopic (exact) mass is 545 g/mol. The number of carbonyl (C=O) groups excluding carboxylic acids is 3. The number of ether oxygens (including phenoxy) is 1. The highest BCUT2D eigenvalue weighted by Gasteiger charge is 2.40. The standard InChI is InChI=1S/C29H40FN3O6/c1-18-8-6-12-31-24(35)11-10-19(2)26(29(3,4)5)39-28(37)23-9-7-13-33(23)27(36)22-17-38-25(32-22)16-20(30)15-21(34)14-18/h6,8,10-11,14,17,19-21,23,26,34H,7,9,12-13,15-16H2,1-5H3,(H,31,35)/b8-6+,11-10+,18-14+/t19-,20-,21-,23-,26+/m1/s1. The highest BCUT2D eigenvalue weighted by molar-refractivity contribution is 5.95. The molecule has 1 saturated heterocycles. The largest absolute Gasteiger partial charge is 0.460 e. The van der Waals surface area contributed by atoms with Gasteiger partial charge in [0.2, 0.25) is 5.91 Å². The van der Waals surface area contributed by atoms with Crippen molar-refractivity contribution in [2.75, 3.05) is 13.1 Å². The van der Waals surface area contributed by atoms with Crippen LogP contribution in [0.4, 0.5) is 4.39 Å². The molecule has 3 rings (SSSR count). The summed E-state index contributed by atoms with van der Waals surface area (Å²) in [5.74, 6) is -1.54. The predicted octanol–water partition coefficient (Wildman–Crippen LogP) is 3.69. The maximum absolute atomic E-state index is 14.6. The maximum atomic E-state index is 14.6. The topological polar surface area (TPSA) is 122 Å². The number of alkyl halides is 1. The number of fused-ring (bicyclic) bond motifs is 3. The van der Waals surface area contributed by atoms with Crippen LogP contribution in [0.1, 0.15) is 70.3 Å². The van der Waals surface area contributed by atoms with Crippen molar-refractivity contribution in [2.45, 2.75) is 84.7 Å². The Labute approximate surface area is 229 Å². The number of aromatic nitrogens is 1. The molecule has 1 aromatic rings. The Morgan fingerprint density at radius 2 is 1.95 bits per heavy atom. The van der Waals surface area contributed by atoms with Crippen LogP contribution in [-0.4, -0.2) is 70.3 Å². The molecule has 9 nitrogen and oxygen atoms in total. The van der Waals surface area contributed by atoms with Gasteiger partial charge in [0.25, 0.3) is 5.91 Å². The SMILES string of the molecule is CC1=C\[C@@H](O)C[C@@H](F)Cc2nc(co2)C(=O)N2CCC[C@@H]2C(=O)O[C@H](C(C)(C)C)[C@H](C)/C=C/C(=O)NC\C=C\1. The normalized spacial score (nSPS) is 31.5. The molecule has 3 heterocycles. The van der Waals surface area contributed by atoms with Gasteiger partial charge in [-0.3, -0.25) is 9.59 Å². The Morgan fingerprint density at radius 1 is 1.21 bits per heavy atom. The molecule has 1 aromatic heterocycles. The minimum absolute atomic E-state index is 0.00796. The number of aliphatic hydroxyl groups excluding tert-OH is 1. The van der Waals surface area contributed by atoms with Crippen LogP contribution in [0.5, 0.6) is 0 Å². The quantitative estimate of drug-likeness (QED) is 0.477. The number of oxazole rings is 1. The number of nitrogens with one attached hydrogen (secondary N) is 1. The summed E-state index contributed by atoms with van der Waals surface area (Å²) in [4.78, 5) is 44.4. The molecule has 2 bridgehead atoms. The molecule has 2 amide bonds. The zero-order valence-electron chi connectivity index (χ0n) is 23.4. The number of cyclic esters (lactones) is 1. The van der Waals surface area contributed by atoms with Gasteiger partial charge in [-0.05, 0) is 31.3 Å². The average Bonchev–Trinajstić information content (AvgIpc) is 3.51. The lowest BCUT2D eigenvalue weighted by Crippen LogP contribution is -2.45. The third kappa shape index (κ3) is 8.61. The Kier molecular flexibility index (Phi) is 10.2. The van der Waals surface area contributed by atoms with Gasteiger partial charge in [0.15, 0.2) is 11.6 Å². The van der Waals surface area contributed by atoms with Crippen LogP contribution in [0.15, 0.2) is 46.6 Å². The van der Waals surface area contributed by atoms with Crippen LogP contribution in [0.2, 0.25) is 0 Å². The molecule has 2 aliphatic heterocycles. The molecule has 0 radical (unpaired) electrons. The number of nitrogens with zero attached hydrogens (tertiary/aromatic N) is 2. The summed E-state index contributed by atoms with van der Waals surface area (Å²) in [5.41, 5.74) is 0.272. The first-order valence-corrected chi connectivity index (χ1v) is 13.4. The maximum Gasteiger partial charge on any atom is 0.329 e. The molecule has 0 spiro atoms. The second kappa shape index (κ2) is 13.2. The van der Waals surface area contributed by atoms with Crippen molar-refractivity contribution in [1.29, 1.82) is 0 Å². The van der Waals surface area contributed by atoms with E-state index in [1.807, 2.05) is 27.7 Å². The summed E-state index contributed by atoms with van der Waals surface area (Å²) in [6.45, 7) is 10.1. The van der Waals surface area contributed by atoms with Gasteiger partial charge in [-0.15, -0.1) is 0 Å². The fraction of sp³-hybridized carbons (Fsp3) is 0.586. The molecule has 0 aromatic carbocycles. The van der Waals surface area contributed by atoms with Crippen molar-refractivity contribution in [2.24, 2.45) is 11.3 Å². The number of hydrogen-bond donors (Lipinski definition) is 2. The number of aliphatic hydroxyl groups is 1. The van der Waals surface area contributed by atoms with Gasteiger partial charge in [-0.25, -0.2) is 14.2 Å². The predicted molar refractivity (Wildman–Crippen MR) is 143 cm³/mol. The molecule has 1 fully saturated rings. The van der Waals surface area contributed by atoms with Gasteiger partial charge in [0, 0.05) is 25.4 Å². The second-order valence-electron chi connectivity index (χ2n) is 11.4. The summed E-state index contributed by atoms with van der Waals surface area (Å²) in [6, 6.07) is -0.783. The van der Waals surface area contributed by atoms with E-state index in [9.17, 15) is 23.9 Å². The van der Waals surface area contributed by atoms with Crippen LogP contribution in [0, 0.1) is 11.3 Å². The van der Waals surface area contributed by atoms with Crippen LogP contribution >= 0.6 is 0 Å². The van der Waals surface area contributed by atoms with Crippen LogP contribution in [0.3, 0.4) is 0 Å². The van der Waals surface area contributed by atoms with Gasteiger partial charge in [-0.2, -0.15) is 0 Å². The summed E-state index contributed by atoms with van der Waals surface area (Å²) >= 11 is 0. The molecule has 214 valence electrons. The van der Waals surface area contributed by atoms with Crippen LogP contribution in [0.25, 0.3) is 0 Å². The number of halogens is 1. The third-order valence-corrected chi connectivity index (χ3v) is 6.81. The first-order chi connectivity index (χ1) is 18.3. The number of hydrogen-bond acceptors (Lipinski definition) is 7. The number of carbonyl (C=O) groups is 3. The van der Waals surface area contributed by atoms with E-state index in [0.717, 1.165) is 0 Å². The Bertz CT molecular complexity index is 1120. The van der Waals surface area contributed by atoms with E-state index < -0.39 is 41.7 Å². The lowest BCUT2D eigenvalue weighted by Gasteiger charge is -2.35. The first-order valence-electron chi connectivity index (χ1n) is 13.4.